The van der Waals surface area contributed by atoms with Crippen molar-refractivity contribution in [2.45, 2.75) is 19.4 Å². The number of nitrogens with one attached hydrogen (secondary N) is 1. The first-order valence-corrected chi connectivity index (χ1v) is 6.25. The predicted octanol–water partition coefficient (Wildman–Crippen LogP) is 1.53. The number of hydrogen-bond donors (Lipinski definition) is 2. The highest BCUT2D eigenvalue weighted by molar-refractivity contribution is 5.76. The maximum absolute atomic E-state index is 11.4. The van der Waals surface area contributed by atoms with Gasteiger partial charge in [0.15, 0.2) is 0 Å². The average molecular weight is 250 g/mol. The van der Waals surface area contributed by atoms with Gasteiger partial charge < -0.3 is 10.0 Å². The SMILES string of the molecule is CCc1ccccc1C(NCCN(C)C)C(=O)O. The van der Waals surface area contributed by atoms with Crippen LogP contribution in [0.4, 0.5) is 0 Å². The lowest BCUT2D eigenvalue weighted by Gasteiger charge is -2.19. The number of aliphatic carboxylic acids is 1. The minimum Gasteiger partial charge on any atom is -0.480 e. The maximum atomic E-state index is 11.4. The van der Waals surface area contributed by atoms with Gasteiger partial charge in [0.05, 0.1) is 0 Å². The van der Waals surface area contributed by atoms with Crippen molar-refractivity contribution in [3.63, 3.8) is 0 Å². The van der Waals surface area contributed by atoms with Gasteiger partial charge in [-0.3, -0.25) is 10.1 Å². The smallest absolute Gasteiger partial charge is 0.325 e. The van der Waals surface area contributed by atoms with Crippen molar-refractivity contribution in [3.8, 4) is 0 Å². The Hall–Kier alpha value is -1.39. The predicted molar refractivity (Wildman–Crippen MR) is 72.8 cm³/mol. The van der Waals surface area contributed by atoms with E-state index in [0.717, 1.165) is 24.1 Å². The largest absolute Gasteiger partial charge is 0.480 e. The Morgan fingerprint density at radius 2 is 2.06 bits per heavy atom. The van der Waals surface area contributed by atoms with Gasteiger partial charge in [0, 0.05) is 13.1 Å². The Kier molecular flexibility index (Phi) is 5.82. The molecule has 1 rings (SSSR count). The second-order valence-corrected chi connectivity index (χ2v) is 4.58. The Bertz CT molecular complexity index is 391. The highest BCUT2D eigenvalue weighted by Crippen LogP contribution is 2.18. The van der Waals surface area contributed by atoms with Crippen molar-refractivity contribution in [1.29, 1.82) is 0 Å². The molecule has 2 N–H and O–H groups in total. The topological polar surface area (TPSA) is 52.6 Å². The van der Waals surface area contributed by atoms with E-state index in [9.17, 15) is 9.90 Å². The molecule has 1 atom stereocenters. The van der Waals surface area contributed by atoms with Crippen LogP contribution >= 0.6 is 0 Å². The molecule has 4 heteroatoms. The fourth-order valence-corrected chi connectivity index (χ4v) is 1.90. The summed E-state index contributed by atoms with van der Waals surface area (Å²) in [6.07, 6.45) is 0.843. The lowest BCUT2D eigenvalue weighted by molar-refractivity contribution is -0.139. The van der Waals surface area contributed by atoms with Crippen LogP contribution in [0, 0.1) is 0 Å². The third-order valence-electron chi connectivity index (χ3n) is 2.90. The highest BCUT2D eigenvalue weighted by Gasteiger charge is 2.20. The van der Waals surface area contributed by atoms with Crippen LogP contribution in [0.15, 0.2) is 24.3 Å². The fraction of sp³-hybridized carbons (Fsp3) is 0.500. The third kappa shape index (κ3) is 4.13. The van der Waals surface area contributed by atoms with Gasteiger partial charge in [-0.05, 0) is 31.6 Å². The van der Waals surface area contributed by atoms with Crippen LogP contribution in [0.3, 0.4) is 0 Å². The second-order valence-electron chi connectivity index (χ2n) is 4.58. The zero-order chi connectivity index (χ0) is 13.5. The van der Waals surface area contributed by atoms with Crippen molar-refractivity contribution >= 4 is 5.97 Å². The van der Waals surface area contributed by atoms with E-state index in [1.165, 1.54) is 0 Å². The van der Waals surface area contributed by atoms with E-state index in [2.05, 4.69) is 5.32 Å². The van der Waals surface area contributed by atoms with Crippen LogP contribution in [0.2, 0.25) is 0 Å². The van der Waals surface area contributed by atoms with Crippen LogP contribution in [0.1, 0.15) is 24.1 Å². The van der Waals surface area contributed by atoms with E-state index in [-0.39, 0.29) is 0 Å². The minimum absolute atomic E-state index is 0.624. The van der Waals surface area contributed by atoms with Crippen molar-refractivity contribution in [3.05, 3.63) is 35.4 Å². The van der Waals surface area contributed by atoms with Crippen LogP contribution in [-0.2, 0) is 11.2 Å². The van der Waals surface area contributed by atoms with Gasteiger partial charge in [-0.1, -0.05) is 31.2 Å². The standard InChI is InChI=1S/C14H22N2O2/c1-4-11-7-5-6-8-12(11)13(14(17)18)15-9-10-16(2)3/h5-8,13,15H,4,9-10H2,1-3H3,(H,17,18). The summed E-state index contributed by atoms with van der Waals surface area (Å²) in [5.41, 5.74) is 1.95. The summed E-state index contributed by atoms with van der Waals surface area (Å²) in [4.78, 5) is 13.4. The number of carboxylic acids is 1. The summed E-state index contributed by atoms with van der Waals surface area (Å²) in [6, 6.07) is 7.08. The summed E-state index contributed by atoms with van der Waals surface area (Å²) >= 11 is 0. The highest BCUT2D eigenvalue weighted by atomic mass is 16.4. The molecule has 0 fully saturated rings. The molecular weight excluding hydrogens is 228 g/mol. The molecule has 0 heterocycles. The molecule has 18 heavy (non-hydrogen) atoms. The van der Waals surface area contributed by atoms with Gasteiger partial charge in [0.1, 0.15) is 6.04 Å². The van der Waals surface area contributed by atoms with E-state index in [0.29, 0.717) is 6.54 Å². The number of rotatable bonds is 7. The molecule has 0 aliphatic heterocycles. The molecule has 100 valence electrons. The molecule has 0 aromatic heterocycles. The number of aryl methyl sites for hydroxylation is 1. The summed E-state index contributed by atoms with van der Waals surface area (Å²) < 4.78 is 0. The first-order valence-electron chi connectivity index (χ1n) is 6.25. The maximum Gasteiger partial charge on any atom is 0.325 e. The number of carboxylic acid groups (broad SMARTS) is 1. The monoisotopic (exact) mass is 250 g/mol. The first-order chi connectivity index (χ1) is 8.56. The number of carbonyl (C=O) groups is 1. The van der Waals surface area contributed by atoms with Gasteiger partial charge in [-0.15, -0.1) is 0 Å². The van der Waals surface area contributed by atoms with Gasteiger partial charge in [-0.2, -0.15) is 0 Å². The zero-order valence-corrected chi connectivity index (χ0v) is 11.3. The number of likely N-dealkylation sites (N-methyl/N-ethyl adjacent to an activating group) is 1. The Morgan fingerprint density at radius 1 is 1.39 bits per heavy atom. The van der Waals surface area contributed by atoms with Crippen molar-refractivity contribution < 1.29 is 9.90 Å². The first kappa shape index (κ1) is 14.7. The van der Waals surface area contributed by atoms with Crippen LogP contribution in [0.25, 0.3) is 0 Å². The quantitative estimate of drug-likeness (QED) is 0.770. The summed E-state index contributed by atoms with van der Waals surface area (Å²) in [5.74, 6) is -0.824. The molecular formula is C14H22N2O2. The number of nitrogens with zero attached hydrogens (tertiary/aromatic N) is 1. The molecule has 0 aliphatic carbocycles. The number of benzene rings is 1. The van der Waals surface area contributed by atoms with Crippen molar-refractivity contribution in [1.82, 2.24) is 10.2 Å². The van der Waals surface area contributed by atoms with Gasteiger partial charge >= 0.3 is 5.97 Å². The van der Waals surface area contributed by atoms with Crippen LogP contribution in [-0.4, -0.2) is 43.2 Å². The number of hydrogen-bond acceptors (Lipinski definition) is 3. The summed E-state index contributed by atoms with van der Waals surface area (Å²) in [5, 5.41) is 12.4. The molecule has 0 spiro atoms. The van der Waals surface area contributed by atoms with E-state index in [4.69, 9.17) is 0 Å². The Morgan fingerprint density at radius 3 is 2.61 bits per heavy atom. The summed E-state index contributed by atoms with van der Waals surface area (Å²) in [7, 11) is 3.94. The van der Waals surface area contributed by atoms with Crippen LogP contribution in [0.5, 0.6) is 0 Å². The second kappa shape index (κ2) is 7.13. The lowest BCUT2D eigenvalue weighted by Crippen LogP contribution is -2.34. The molecule has 0 aliphatic rings. The van der Waals surface area contributed by atoms with E-state index in [1.54, 1.807) is 0 Å². The van der Waals surface area contributed by atoms with Crippen molar-refractivity contribution in [2.24, 2.45) is 0 Å². The normalized spacial score (nSPS) is 12.7. The average Bonchev–Trinajstić information content (AvgIpc) is 2.34. The summed E-state index contributed by atoms with van der Waals surface area (Å²) in [6.45, 7) is 3.51. The van der Waals surface area contributed by atoms with E-state index < -0.39 is 12.0 Å². The van der Waals surface area contributed by atoms with Crippen LogP contribution < -0.4 is 5.32 Å². The van der Waals surface area contributed by atoms with Crippen molar-refractivity contribution in [2.75, 3.05) is 27.2 Å². The van der Waals surface area contributed by atoms with Gasteiger partial charge in [-0.25, -0.2) is 0 Å². The minimum atomic E-state index is -0.824. The Balaban J connectivity index is 2.81. The van der Waals surface area contributed by atoms with E-state index >= 15 is 0 Å². The fourth-order valence-electron chi connectivity index (χ4n) is 1.90. The zero-order valence-electron chi connectivity index (χ0n) is 11.3. The molecule has 1 aromatic rings. The molecule has 0 radical (unpaired) electrons. The molecule has 0 saturated heterocycles. The Labute approximate surface area is 109 Å². The molecule has 0 saturated carbocycles. The van der Waals surface area contributed by atoms with Gasteiger partial charge in [0.2, 0.25) is 0 Å². The molecule has 4 nitrogen and oxygen atoms in total. The molecule has 0 amide bonds. The third-order valence-corrected chi connectivity index (χ3v) is 2.90. The van der Waals surface area contributed by atoms with E-state index in [1.807, 2.05) is 50.2 Å². The molecule has 1 aromatic carbocycles. The molecule has 0 bridgehead atoms. The van der Waals surface area contributed by atoms with Gasteiger partial charge in [0.25, 0.3) is 0 Å². The lowest BCUT2D eigenvalue weighted by atomic mass is 9.98. The molecule has 1 unspecified atom stereocenters.